The van der Waals surface area contributed by atoms with Crippen molar-refractivity contribution in [3.05, 3.63) is 39.1 Å². The molecule has 2 aromatic rings. The number of aromatic nitrogens is 2. The van der Waals surface area contributed by atoms with Crippen LogP contribution in [0.15, 0.2) is 32.9 Å². The van der Waals surface area contributed by atoms with E-state index in [0.29, 0.717) is 5.69 Å². The Labute approximate surface area is 265 Å². The Kier molecular flexibility index (Phi) is 11.8. The third kappa shape index (κ3) is 7.24. The monoisotopic (exact) mass is 584 g/mol. The number of nitrogen functional groups attached to an aromatic ring is 1. The van der Waals surface area contributed by atoms with Crippen molar-refractivity contribution in [1.82, 2.24) is 20.2 Å². The van der Waals surface area contributed by atoms with Crippen LogP contribution in [-0.4, -0.2) is 68.1 Å². The van der Waals surface area contributed by atoms with Crippen molar-refractivity contribution in [3.63, 3.8) is 0 Å². The number of aliphatic carboxylic acids is 2. The fourth-order valence-corrected chi connectivity index (χ4v) is 5.49. The maximum absolute atomic E-state index is 12.9. The number of carboxylic acids is 2. The SMILES string of the molecule is Nc1nc(/C(=N/OCC(=O)[O-])C(=O)N[C@@H]2C(=O)N3C(C(=O)[O-])=C(OCc4cscn4)CS[C@H]23)cs1.[Na+].[Na+]. The van der Waals surface area contributed by atoms with E-state index in [1.54, 1.807) is 10.9 Å². The van der Waals surface area contributed by atoms with Crippen molar-refractivity contribution in [1.29, 1.82) is 0 Å². The number of hydrogen-bond donors (Lipinski definition) is 2. The summed E-state index contributed by atoms with van der Waals surface area (Å²) in [6, 6.07) is -1.11. The zero-order valence-electron chi connectivity index (χ0n) is 19.4. The number of rotatable bonds is 10. The molecule has 0 spiro atoms. The van der Waals surface area contributed by atoms with Crippen molar-refractivity contribution in [2.75, 3.05) is 18.1 Å². The molecule has 0 unspecified atom stereocenters. The van der Waals surface area contributed by atoms with Crippen molar-refractivity contribution in [2.45, 2.75) is 18.0 Å². The molecular weight excluding hydrogens is 570 g/mol. The fraction of sp³-hybridized carbons (Fsp3) is 0.278. The molecule has 0 bridgehead atoms. The van der Waals surface area contributed by atoms with Gasteiger partial charge in [0.2, 0.25) is 0 Å². The molecule has 0 saturated carbocycles. The number of nitrogens with one attached hydrogen (secondary N) is 1. The minimum atomic E-state index is -1.60. The van der Waals surface area contributed by atoms with E-state index in [9.17, 15) is 29.4 Å². The predicted octanol–water partition coefficient (Wildman–Crippen LogP) is -8.76. The molecule has 4 heterocycles. The number of oxime groups is 1. The van der Waals surface area contributed by atoms with Crippen molar-refractivity contribution < 1.29 is 98.1 Å². The van der Waals surface area contributed by atoms with Gasteiger partial charge >= 0.3 is 59.1 Å². The van der Waals surface area contributed by atoms with Gasteiger partial charge in [0.05, 0.1) is 28.9 Å². The van der Waals surface area contributed by atoms with E-state index in [1.165, 1.54) is 28.5 Å². The summed E-state index contributed by atoms with van der Waals surface area (Å²) >= 11 is 3.53. The van der Waals surface area contributed by atoms with Gasteiger partial charge in [-0.1, -0.05) is 5.16 Å². The first-order chi connectivity index (χ1) is 16.8. The molecule has 1 saturated heterocycles. The summed E-state index contributed by atoms with van der Waals surface area (Å²) in [5.74, 6) is -4.63. The van der Waals surface area contributed by atoms with Crippen LogP contribution in [0.3, 0.4) is 0 Å². The smallest absolute Gasteiger partial charge is 0.546 e. The Hall–Kier alpha value is -1.70. The van der Waals surface area contributed by atoms with E-state index in [-0.39, 0.29) is 88.1 Å². The van der Waals surface area contributed by atoms with Gasteiger partial charge in [0.1, 0.15) is 35.2 Å². The Morgan fingerprint density at radius 2 is 2.03 bits per heavy atom. The molecule has 0 aromatic carbocycles. The molecule has 2 aromatic heterocycles. The normalized spacial score (nSPS) is 18.5. The number of carbonyl (C=O) groups is 4. The van der Waals surface area contributed by atoms with E-state index >= 15 is 0 Å². The maximum Gasteiger partial charge on any atom is 1.00 e. The van der Waals surface area contributed by atoms with Gasteiger partial charge in [0, 0.05) is 10.8 Å². The zero-order chi connectivity index (χ0) is 25.1. The number of amides is 2. The van der Waals surface area contributed by atoms with Crippen LogP contribution in [0.4, 0.5) is 5.13 Å². The number of ether oxygens (including phenoxy) is 1. The minimum absolute atomic E-state index is 0. The van der Waals surface area contributed by atoms with Gasteiger partial charge in [-0.15, -0.1) is 34.4 Å². The molecular formula is C18H14N6Na2O8S3. The first-order valence-corrected chi connectivity index (χ1v) is 12.4. The van der Waals surface area contributed by atoms with Crippen LogP contribution in [0.1, 0.15) is 11.4 Å². The first-order valence-electron chi connectivity index (χ1n) is 9.57. The summed E-state index contributed by atoms with van der Waals surface area (Å²) in [7, 11) is 0. The summed E-state index contributed by atoms with van der Waals surface area (Å²) in [6.45, 7) is -0.903. The van der Waals surface area contributed by atoms with Crippen LogP contribution >= 0.6 is 34.4 Å². The van der Waals surface area contributed by atoms with E-state index in [0.717, 1.165) is 16.2 Å². The molecule has 4 rings (SSSR count). The summed E-state index contributed by atoms with van der Waals surface area (Å²) in [6.07, 6.45) is 0. The Morgan fingerprint density at radius 3 is 2.62 bits per heavy atom. The number of thioether (sulfide) groups is 1. The standard InChI is InChI=1S/C18H16N6O8S3.2Na/c19-18-21-8(4-35-18)11(23-32-2-10(25)26)14(27)22-12-15(28)24-13(17(29)30)9(5-34-16(12)24)31-1-7-3-33-6-20-7;;/h3-4,6,12,16H,1-2,5H2,(H2,19,21)(H,22,27)(H,25,26)(H,29,30);;/q;2*+1/p-2/b23-11-;;/t12-,16-;;/m1../s1. The van der Waals surface area contributed by atoms with Gasteiger partial charge in [-0.3, -0.25) is 14.5 Å². The summed E-state index contributed by atoms with van der Waals surface area (Å²) in [4.78, 5) is 61.6. The Balaban J connectivity index is 0.00000241. The summed E-state index contributed by atoms with van der Waals surface area (Å²) in [5.41, 5.74) is 6.94. The molecule has 2 amide bonds. The molecule has 3 N–H and O–H groups in total. The molecule has 2 aliphatic rings. The van der Waals surface area contributed by atoms with Gasteiger partial charge in [0.25, 0.3) is 11.8 Å². The second-order valence-electron chi connectivity index (χ2n) is 6.84. The number of nitrogens with two attached hydrogens (primary N) is 1. The molecule has 14 nitrogen and oxygen atoms in total. The van der Waals surface area contributed by atoms with Crippen LogP contribution in [0.25, 0.3) is 0 Å². The number of thiazole rings is 2. The minimum Gasteiger partial charge on any atom is -0.546 e. The third-order valence-corrected chi connectivity index (χ3v) is 7.17. The number of anilines is 1. The third-order valence-electron chi connectivity index (χ3n) is 4.61. The van der Waals surface area contributed by atoms with Gasteiger partial charge in [-0.2, -0.15) is 0 Å². The number of fused-ring (bicyclic) bond motifs is 1. The molecule has 0 aliphatic carbocycles. The van der Waals surface area contributed by atoms with Crippen LogP contribution < -0.4 is 80.4 Å². The van der Waals surface area contributed by atoms with Crippen molar-refractivity contribution in [2.24, 2.45) is 5.16 Å². The molecule has 2 aliphatic heterocycles. The predicted molar refractivity (Wildman–Crippen MR) is 118 cm³/mol. The van der Waals surface area contributed by atoms with Crippen LogP contribution in [0, 0.1) is 0 Å². The number of nitrogens with zero attached hydrogens (tertiary/aromatic N) is 4. The van der Waals surface area contributed by atoms with Gasteiger partial charge in [-0.05, 0) is 0 Å². The number of β-lactam (4-membered cyclic amide) rings is 1. The van der Waals surface area contributed by atoms with E-state index in [1.807, 2.05) is 0 Å². The van der Waals surface area contributed by atoms with E-state index in [2.05, 4.69) is 25.3 Å². The van der Waals surface area contributed by atoms with Gasteiger partial charge in [0.15, 0.2) is 17.5 Å². The second kappa shape index (κ2) is 13.9. The number of carbonyl (C=O) groups excluding carboxylic acids is 4. The molecule has 2 atom stereocenters. The average molecular weight is 585 g/mol. The molecule has 0 radical (unpaired) electrons. The van der Waals surface area contributed by atoms with Crippen LogP contribution in [-0.2, 0) is 35.4 Å². The maximum atomic E-state index is 12.9. The molecule has 19 heteroatoms. The number of hydrogen-bond acceptors (Lipinski definition) is 15. The topological polar surface area (TPSA) is 212 Å². The van der Waals surface area contributed by atoms with Crippen molar-refractivity contribution in [3.8, 4) is 0 Å². The first kappa shape index (κ1) is 31.5. The Bertz CT molecular complexity index is 1240. The van der Waals surface area contributed by atoms with E-state index < -0.39 is 53.2 Å². The molecule has 1 fully saturated rings. The summed E-state index contributed by atoms with van der Waals surface area (Å²) in [5, 5.41) is 30.8. The Morgan fingerprint density at radius 1 is 1.27 bits per heavy atom. The quantitative estimate of drug-likeness (QED) is 0.115. The van der Waals surface area contributed by atoms with Gasteiger partial charge in [-0.25, -0.2) is 9.97 Å². The zero-order valence-corrected chi connectivity index (χ0v) is 25.8. The molecule has 184 valence electrons. The second-order valence-corrected chi connectivity index (χ2v) is 9.56. The largest absolute Gasteiger partial charge is 1.00 e. The van der Waals surface area contributed by atoms with Crippen molar-refractivity contribution >= 4 is 69.0 Å². The number of carboxylic acid groups (broad SMARTS) is 2. The van der Waals surface area contributed by atoms with Gasteiger partial charge < -0.3 is 40.4 Å². The van der Waals surface area contributed by atoms with E-state index in [4.69, 9.17) is 10.5 Å². The fourth-order valence-electron chi connectivity index (χ4n) is 3.12. The average Bonchev–Trinajstić information content (AvgIpc) is 3.49. The van der Waals surface area contributed by atoms with Crippen LogP contribution in [0.5, 0.6) is 0 Å². The molecule has 37 heavy (non-hydrogen) atoms. The summed E-state index contributed by atoms with van der Waals surface area (Å²) < 4.78 is 5.57. The van der Waals surface area contributed by atoms with Crippen LogP contribution in [0.2, 0.25) is 0 Å².